The van der Waals surface area contributed by atoms with Gasteiger partial charge in [-0.3, -0.25) is 4.79 Å². The highest BCUT2D eigenvalue weighted by Crippen LogP contribution is 1.94. The van der Waals surface area contributed by atoms with Crippen LogP contribution < -0.4 is 10.6 Å². The molecular formula is C4H3N7O4. The Balaban J connectivity index is 3.24. The van der Waals surface area contributed by atoms with Gasteiger partial charge in [0.1, 0.15) is 11.6 Å². The predicted molar refractivity (Wildman–Crippen MR) is 40.5 cm³/mol. The van der Waals surface area contributed by atoms with Crippen LogP contribution in [0.2, 0.25) is 0 Å². The first-order valence-electron chi connectivity index (χ1n) is 3.40. The summed E-state index contributed by atoms with van der Waals surface area (Å²) in [4.78, 5) is 26.2. The Morgan fingerprint density at radius 2 is 2.53 bits per heavy atom. The van der Waals surface area contributed by atoms with Crippen molar-refractivity contribution in [2.75, 3.05) is 0 Å². The maximum absolute atomic E-state index is 10.3. The van der Waals surface area contributed by atoms with Gasteiger partial charge in [0.15, 0.2) is 5.03 Å². The van der Waals surface area contributed by atoms with Gasteiger partial charge in [-0.25, -0.2) is 14.8 Å². The molecular weight excluding hydrogens is 210 g/mol. The highest BCUT2D eigenvalue weighted by atomic mass is 16.7. The van der Waals surface area contributed by atoms with Crippen molar-refractivity contribution in [3.8, 4) is 0 Å². The van der Waals surface area contributed by atoms with E-state index in [0.717, 1.165) is 0 Å². The van der Waals surface area contributed by atoms with Crippen molar-refractivity contribution in [3.05, 3.63) is 20.7 Å². The molecule has 0 unspecified atom stereocenters. The number of carbonyl (C=O) groups is 1. The van der Waals surface area contributed by atoms with Gasteiger partial charge in [-0.05, 0) is 5.39 Å². The zero-order valence-electron chi connectivity index (χ0n) is 7.01. The normalized spacial score (nSPS) is 11.0. The lowest BCUT2D eigenvalue weighted by Gasteiger charge is -1.90. The fourth-order valence-corrected chi connectivity index (χ4v) is 0.746. The first kappa shape index (κ1) is 10.3. The Labute approximate surface area is 80.4 Å². The zero-order chi connectivity index (χ0) is 11.4. The summed E-state index contributed by atoms with van der Waals surface area (Å²) in [7, 11) is 0. The number of aliphatic carboxylic acids is 1. The third-order valence-corrected chi connectivity index (χ3v) is 1.19. The SMILES string of the molecule is N#[N+]c1nn(CC(=O)O)/c(=N/[N+](=O)[O-])[n-]1. The van der Waals surface area contributed by atoms with Gasteiger partial charge in [0, 0.05) is 0 Å². The molecule has 0 spiro atoms. The number of aromatic nitrogens is 3. The van der Waals surface area contributed by atoms with E-state index in [0.29, 0.717) is 4.68 Å². The summed E-state index contributed by atoms with van der Waals surface area (Å²) in [5, 5.41) is 31.7. The molecule has 0 atom stereocenters. The van der Waals surface area contributed by atoms with Crippen LogP contribution >= 0.6 is 0 Å². The highest BCUT2D eigenvalue weighted by molar-refractivity contribution is 5.66. The van der Waals surface area contributed by atoms with E-state index < -0.39 is 29.1 Å². The molecule has 0 radical (unpaired) electrons. The van der Waals surface area contributed by atoms with E-state index in [1.54, 1.807) is 0 Å². The molecule has 0 bridgehead atoms. The maximum atomic E-state index is 10.3. The van der Waals surface area contributed by atoms with Crippen molar-refractivity contribution in [1.82, 2.24) is 14.8 Å². The third kappa shape index (κ3) is 2.59. The summed E-state index contributed by atoms with van der Waals surface area (Å²) < 4.78 is 0.625. The van der Waals surface area contributed by atoms with Crippen LogP contribution in [0.3, 0.4) is 0 Å². The minimum Gasteiger partial charge on any atom is -0.480 e. The molecule has 1 aromatic heterocycles. The molecule has 0 aromatic carbocycles. The fraction of sp³-hybridized carbons (Fsp3) is 0.250. The van der Waals surface area contributed by atoms with Crippen LogP contribution in [0.4, 0.5) is 5.95 Å². The Bertz CT molecular complexity index is 504. The molecule has 0 saturated heterocycles. The number of nitrogens with zero attached hydrogens (tertiary/aromatic N) is 7. The van der Waals surface area contributed by atoms with Crippen LogP contribution in [-0.2, 0) is 11.3 Å². The van der Waals surface area contributed by atoms with E-state index >= 15 is 0 Å². The molecule has 1 N–H and O–H groups in total. The van der Waals surface area contributed by atoms with Crippen molar-refractivity contribution >= 4 is 11.9 Å². The number of carboxylic acid groups (broad SMARTS) is 1. The van der Waals surface area contributed by atoms with Crippen LogP contribution in [0, 0.1) is 15.5 Å². The Morgan fingerprint density at radius 1 is 1.87 bits per heavy atom. The Morgan fingerprint density at radius 3 is 3.00 bits per heavy atom. The third-order valence-electron chi connectivity index (χ3n) is 1.19. The van der Waals surface area contributed by atoms with Gasteiger partial charge in [-0.1, -0.05) is 0 Å². The fourth-order valence-electron chi connectivity index (χ4n) is 0.746. The largest absolute Gasteiger partial charge is 0.480 e. The van der Waals surface area contributed by atoms with E-state index in [2.05, 4.69) is 20.2 Å². The maximum Gasteiger partial charge on any atom is 0.363 e. The average molecular weight is 213 g/mol. The van der Waals surface area contributed by atoms with Gasteiger partial charge in [0.25, 0.3) is 0 Å². The van der Waals surface area contributed by atoms with Gasteiger partial charge in [-0.15, -0.1) is 5.10 Å². The lowest BCUT2D eigenvalue weighted by Crippen LogP contribution is -2.26. The number of diazo groups is 1. The zero-order valence-corrected chi connectivity index (χ0v) is 7.01. The second-order valence-electron chi connectivity index (χ2n) is 2.20. The van der Waals surface area contributed by atoms with Crippen molar-refractivity contribution in [2.24, 2.45) is 5.10 Å². The van der Waals surface area contributed by atoms with Gasteiger partial charge in [0.2, 0.25) is 0 Å². The quantitative estimate of drug-likeness (QED) is 0.364. The predicted octanol–water partition coefficient (Wildman–Crippen LogP) is -1.50. The van der Waals surface area contributed by atoms with Crippen molar-refractivity contribution in [3.63, 3.8) is 0 Å². The molecule has 1 rings (SSSR count). The minimum absolute atomic E-state index is 0.503. The van der Waals surface area contributed by atoms with Crippen LogP contribution in [0.5, 0.6) is 0 Å². The van der Waals surface area contributed by atoms with Crippen LogP contribution in [-0.4, -0.2) is 25.9 Å². The van der Waals surface area contributed by atoms with Crippen molar-refractivity contribution in [2.45, 2.75) is 6.54 Å². The monoisotopic (exact) mass is 213 g/mol. The van der Waals surface area contributed by atoms with E-state index in [4.69, 9.17) is 10.5 Å². The number of carboxylic acids is 1. The smallest absolute Gasteiger partial charge is 0.363 e. The highest BCUT2D eigenvalue weighted by Gasteiger charge is 2.11. The molecule has 78 valence electrons. The van der Waals surface area contributed by atoms with Crippen molar-refractivity contribution in [1.29, 1.82) is 5.39 Å². The Kier molecular flexibility index (Phi) is 2.72. The molecule has 0 aliphatic heterocycles. The molecule has 1 aromatic rings. The number of hydrogen-bond acceptors (Lipinski definition) is 5. The summed E-state index contributed by atoms with van der Waals surface area (Å²) in [6, 6.07) is 0. The molecule has 0 aliphatic carbocycles. The van der Waals surface area contributed by atoms with Crippen LogP contribution in [0.1, 0.15) is 0 Å². The van der Waals surface area contributed by atoms with E-state index in [1.807, 2.05) is 0 Å². The van der Waals surface area contributed by atoms with Crippen LogP contribution in [0.15, 0.2) is 5.10 Å². The first-order chi connectivity index (χ1) is 7.02. The van der Waals surface area contributed by atoms with Gasteiger partial charge < -0.3 is 5.11 Å². The molecule has 11 nitrogen and oxygen atoms in total. The molecule has 0 amide bonds. The lowest BCUT2D eigenvalue weighted by molar-refractivity contribution is -0.491. The number of hydrogen-bond donors (Lipinski definition) is 1. The van der Waals surface area contributed by atoms with E-state index in [1.165, 1.54) is 0 Å². The van der Waals surface area contributed by atoms with Gasteiger partial charge in [0.05, 0.1) is 0 Å². The molecule has 11 heteroatoms. The topological polar surface area (TPSA) is 153 Å². The van der Waals surface area contributed by atoms with Crippen LogP contribution in [0.25, 0.3) is 4.98 Å². The van der Waals surface area contributed by atoms with E-state index in [9.17, 15) is 14.9 Å². The summed E-state index contributed by atoms with van der Waals surface area (Å²) >= 11 is 0. The van der Waals surface area contributed by atoms with E-state index in [-0.39, 0.29) is 0 Å². The molecule has 15 heavy (non-hydrogen) atoms. The van der Waals surface area contributed by atoms with Crippen molar-refractivity contribution < 1.29 is 14.9 Å². The molecule has 0 fully saturated rings. The minimum atomic E-state index is -1.29. The molecule has 0 aliphatic rings. The number of rotatable bonds is 3. The molecule has 1 heterocycles. The van der Waals surface area contributed by atoms with Gasteiger partial charge in [-0.2, -0.15) is 9.96 Å². The Hall–Kier alpha value is -2.77. The summed E-state index contributed by atoms with van der Waals surface area (Å²) in [6.45, 7) is -0.671. The van der Waals surface area contributed by atoms with Gasteiger partial charge >= 0.3 is 17.5 Å². The second-order valence-corrected chi connectivity index (χ2v) is 2.20. The second kappa shape index (κ2) is 3.96. The molecule has 0 saturated carbocycles. The lowest BCUT2D eigenvalue weighted by atomic mass is 10.7. The summed E-state index contributed by atoms with van der Waals surface area (Å²) in [6.07, 6.45) is 0. The standard InChI is InChI=1S/C4H3N7O4/c5-7-3-6-4(9-11(14)15)10(8-3)1-2(12)13/h1H2,(H-,6,8,9,12,13). The summed E-state index contributed by atoms with van der Waals surface area (Å²) in [5.41, 5.74) is -0.560. The summed E-state index contributed by atoms with van der Waals surface area (Å²) in [5.74, 6) is -1.79. The number of nitro groups is 1. The first-order valence-corrected chi connectivity index (χ1v) is 3.40. The average Bonchev–Trinajstić information content (AvgIpc) is 2.46.